The fraction of sp³-hybridized carbons (Fsp3) is 0. The summed E-state index contributed by atoms with van der Waals surface area (Å²) in [5, 5.41) is 19.0. The summed E-state index contributed by atoms with van der Waals surface area (Å²) in [5.41, 5.74) is 2.05. The Morgan fingerprint density at radius 2 is 1.82 bits per heavy atom. The second kappa shape index (κ2) is 4.67. The van der Waals surface area contributed by atoms with Crippen LogP contribution in [0.2, 0.25) is 0 Å². The number of hydroxylamine groups is 2. The maximum Gasteiger partial charge on any atom is 0.335 e. The Morgan fingerprint density at radius 1 is 1.12 bits per heavy atom. The van der Waals surface area contributed by atoms with Gasteiger partial charge < -0.3 is 5.11 Å². The van der Waals surface area contributed by atoms with Gasteiger partial charge in [0.1, 0.15) is 0 Å². The van der Waals surface area contributed by atoms with E-state index in [9.17, 15) is 10.0 Å². The number of nitrogens with zero attached hydrogens (tertiary/aromatic N) is 1. The van der Waals surface area contributed by atoms with Crippen LogP contribution in [-0.2, 0) is 0 Å². The van der Waals surface area contributed by atoms with Gasteiger partial charge in [0.15, 0.2) is 0 Å². The van der Waals surface area contributed by atoms with Crippen molar-refractivity contribution in [3.05, 3.63) is 66.0 Å². The molecule has 1 aromatic carbocycles. The van der Waals surface area contributed by atoms with Crippen molar-refractivity contribution in [3.8, 4) is 0 Å². The van der Waals surface area contributed by atoms with E-state index in [1.165, 1.54) is 12.4 Å². The Morgan fingerprint density at radius 3 is 2.47 bits per heavy atom. The van der Waals surface area contributed by atoms with Crippen LogP contribution in [0.25, 0.3) is 5.57 Å². The lowest BCUT2D eigenvalue weighted by atomic mass is 10.0. The second-order valence-electron chi connectivity index (χ2n) is 3.54. The first kappa shape index (κ1) is 11.2. The van der Waals surface area contributed by atoms with E-state index in [0.29, 0.717) is 0 Å². The number of carboxylic acid groups (broad SMARTS) is 1. The molecule has 1 aromatic rings. The van der Waals surface area contributed by atoms with Crippen LogP contribution in [0.15, 0.2) is 54.9 Å². The maximum atomic E-state index is 10.7. The number of carbonyl (C=O) groups is 1. The van der Waals surface area contributed by atoms with E-state index in [4.69, 9.17) is 5.11 Å². The van der Waals surface area contributed by atoms with Gasteiger partial charge >= 0.3 is 5.97 Å². The molecule has 0 unspecified atom stereocenters. The molecule has 0 fully saturated rings. The van der Waals surface area contributed by atoms with E-state index in [1.807, 2.05) is 6.08 Å². The monoisotopic (exact) mass is 229 g/mol. The summed E-state index contributed by atoms with van der Waals surface area (Å²) in [6.07, 6.45) is 8.31. The molecule has 2 rings (SSSR count). The molecule has 17 heavy (non-hydrogen) atoms. The van der Waals surface area contributed by atoms with Crippen molar-refractivity contribution in [2.75, 3.05) is 0 Å². The Labute approximate surface area is 98.4 Å². The third-order valence-electron chi connectivity index (χ3n) is 2.39. The zero-order valence-electron chi connectivity index (χ0n) is 8.95. The maximum absolute atomic E-state index is 10.7. The highest BCUT2D eigenvalue weighted by atomic mass is 16.5. The first-order valence-electron chi connectivity index (χ1n) is 5.04. The van der Waals surface area contributed by atoms with Crippen molar-refractivity contribution >= 4 is 11.5 Å². The van der Waals surface area contributed by atoms with Crippen molar-refractivity contribution in [1.29, 1.82) is 0 Å². The molecule has 1 aliphatic rings. The molecule has 0 aliphatic carbocycles. The zero-order chi connectivity index (χ0) is 12.3. The highest BCUT2D eigenvalue weighted by molar-refractivity contribution is 5.88. The normalized spacial score (nSPS) is 14.4. The van der Waals surface area contributed by atoms with Crippen molar-refractivity contribution in [1.82, 2.24) is 5.06 Å². The fourth-order valence-corrected chi connectivity index (χ4v) is 1.49. The van der Waals surface area contributed by atoms with Crippen molar-refractivity contribution in [2.45, 2.75) is 0 Å². The lowest BCUT2D eigenvalue weighted by molar-refractivity contribution is 0.0118. The zero-order valence-corrected chi connectivity index (χ0v) is 8.95. The first-order valence-corrected chi connectivity index (χ1v) is 5.04. The topological polar surface area (TPSA) is 60.8 Å². The molecular weight excluding hydrogens is 218 g/mol. The van der Waals surface area contributed by atoms with E-state index >= 15 is 0 Å². The molecule has 0 spiro atoms. The molecule has 0 bridgehead atoms. The fourth-order valence-electron chi connectivity index (χ4n) is 1.49. The van der Waals surface area contributed by atoms with Gasteiger partial charge in [0, 0.05) is 12.4 Å². The van der Waals surface area contributed by atoms with Crippen LogP contribution in [0.3, 0.4) is 0 Å². The summed E-state index contributed by atoms with van der Waals surface area (Å²) in [7, 11) is 0. The number of aromatic carboxylic acids is 1. The van der Waals surface area contributed by atoms with Crippen LogP contribution in [0, 0.1) is 0 Å². The molecule has 4 nitrogen and oxygen atoms in total. The predicted molar refractivity (Wildman–Crippen MR) is 63.3 cm³/mol. The average Bonchev–Trinajstić information content (AvgIpc) is 2.54. The molecular formula is C13H11NO3. The standard InChI is InChI=1S/C13H11NO3/c15-13(16)12-5-3-11(4-6-12)10-2-1-8-14(17)9-7-10/h1-9,17H,(H,15,16). The van der Waals surface area contributed by atoms with Gasteiger partial charge in [0.25, 0.3) is 0 Å². The Bertz CT molecular complexity index is 512. The molecule has 4 heteroatoms. The SMILES string of the molecule is O=C(O)c1ccc(C2=CC=CN(O)C=C2)cc1. The first-order chi connectivity index (χ1) is 8.16. The van der Waals surface area contributed by atoms with Gasteiger partial charge in [0.05, 0.1) is 5.56 Å². The van der Waals surface area contributed by atoms with E-state index in [0.717, 1.165) is 16.2 Å². The lowest BCUT2D eigenvalue weighted by Crippen LogP contribution is -1.99. The molecule has 0 radical (unpaired) electrons. The number of rotatable bonds is 2. The largest absolute Gasteiger partial charge is 0.478 e. The summed E-state index contributed by atoms with van der Waals surface area (Å²) in [5.74, 6) is -0.941. The van der Waals surface area contributed by atoms with Crippen LogP contribution >= 0.6 is 0 Å². The van der Waals surface area contributed by atoms with Crippen LogP contribution < -0.4 is 0 Å². The highest BCUT2D eigenvalue weighted by Crippen LogP contribution is 2.18. The van der Waals surface area contributed by atoms with Crippen LogP contribution in [0.4, 0.5) is 0 Å². The highest BCUT2D eigenvalue weighted by Gasteiger charge is 2.04. The Hall–Kier alpha value is -2.33. The van der Waals surface area contributed by atoms with Crippen LogP contribution in [0.1, 0.15) is 15.9 Å². The molecule has 0 atom stereocenters. The average molecular weight is 229 g/mol. The summed E-state index contributed by atoms with van der Waals surface area (Å²) in [6.45, 7) is 0. The molecule has 86 valence electrons. The minimum absolute atomic E-state index is 0.256. The minimum atomic E-state index is -0.941. The second-order valence-corrected chi connectivity index (χ2v) is 3.54. The molecule has 1 aliphatic heterocycles. The number of hydrogen-bond donors (Lipinski definition) is 2. The van der Waals surface area contributed by atoms with E-state index in [2.05, 4.69) is 0 Å². The smallest absolute Gasteiger partial charge is 0.335 e. The number of allylic oxidation sites excluding steroid dienone is 4. The van der Waals surface area contributed by atoms with E-state index in [1.54, 1.807) is 36.4 Å². The summed E-state index contributed by atoms with van der Waals surface area (Å²) in [6, 6.07) is 6.58. The molecule has 0 amide bonds. The van der Waals surface area contributed by atoms with Gasteiger partial charge in [-0.15, -0.1) is 0 Å². The van der Waals surface area contributed by atoms with Gasteiger partial charge in [-0.2, -0.15) is 0 Å². The van der Waals surface area contributed by atoms with Crippen LogP contribution in [0.5, 0.6) is 0 Å². The summed E-state index contributed by atoms with van der Waals surface area (Å²) < 4.78 is 0. The van der Waals surface area contributed by atoms with Crippen LogP contribution in [-0.4, -0.2) is 21.3 Å². The molecule has 2 N–H and O–H groups in total. The van der Waals surface area contributed by atoms with Gasteiger partial charge in [-0.1, -0.05) is 18.2 Å². The Balaban J connectivity index is 2.29. The predicted octanol–water partition coefficient (Wildman–Crippen LogP) is 2.50. The van der Waals surface area contributed by atoms with E-state index in [-0.39, 0.29) is 5.56 Å². The van der Waals surface area contributed by atoms with Gasteiger partial charge in [-0.05, 0) is 35.4 Å². The van der Waals surface area contributed by atoms with Gasteiger partial charge in [-0.3, -0.25) is 5.21 Å². The Kier molecular flexibility index (Phi) is 3.07. The third-order valence-corrected chi connectivity index (χ3v) is 2.39. The minimum Gasteiger partial charge on any atom is -0.478 e. The molecule has 0 saturated carbocycles. The lowest BCUT2D eigenvalue weighted by Gasteiger charge is -2.03. The summed E-state index contributed by atoms with van der Waals surface area (Å²) >= 11 is 0. The van der Waals surface area contributed by atoms with Crippen molar-refractivity contribution in [2.24, 2.45) is 0 Å². The molecule has 0 saturated heterocycles. The number of hydrogen-bond acceptors (Lipinski definition) is 3. The molecule has 1 heterocycles. The summed E-state index contributed by atoms with van der Waals surface area (Å²) in [4.78, 5) is 10.7. The van der Waals surface area contributed by atoms with Crippen molar-refractivity contribution < 1.29 is 15.1 Å². The number of benzene rings is 1. The molecule has 0 aromatic heterocycles. The quantitative estimate of drug-likeness (QED) is 0.818. The van der Waals surface area contributed by atoms with Gasteiger partial charge in [-0.25, -0.2) is 9.86 Å². The van der Waals surface area contributed by atoms with E-state index < -0.39 is 5.97 Å². The van der Waals surface area contributed by atoms with Crippen molar-refractivity contribution in [3.63, 3.8) is 0 Å². The van der Waals surface area contributed by atoms with Gasteiger partial charge in [0.2, 0.25) is 0 Å². The third kappa shape index (κ3) is 2.62. The number of carboxylic acids is 1.